The minimum Gasteiger partial charge on any atom is -0.324 e. The lowest BCUT2D eigenvalue weighted by Gasteiger charge is -2.27. The van der Waals surface area contributed by atoms with E-state index in [4.69, 9.17) is 0 Å². The van der Waals surface area contributed by atoms with E-state index >= 15 is 0 Å². The number of carbonyl (C=O) groups excluding carboxylic acids is 3. The van der Waals surface area contributed by atoms with Crippen molar-refractivity contribution in [1.82, 2.24) is 4.90 Å². The molecule has 0 bridgehead atoms. The molecule has 1 heterocycles. The average Bonchev–Trinajstić information content (AvgIpc) is 2.91. The van der Waals surface area contributed by atoms with Gasteiger partial charge in [0.25, 0.3) is 0 Å². The van der Waals surface area contributed by atoms with Crippen molar-refractivity contribution in [2.75, 3.05) is 11.6 Å². The molecule has 30 heavy (non-hydrogen) atoms. The molecular formula is C22H28N2O5S. The van der Waals surface area contributed by atoms with Crippen molar-refractivity contribution < 1.29 is 22.8 Å². The van der Waals surface area contributed by atoms with Crippen LogP contribution in [0, 0.1) is 24.7 Å². The smallest absolute Gasteiger partial charge is 0.247 e. The fourth-order valence-corrected chi connectivity index (χ4v) is 4.74. The number of carbonyl (C=O) groups is 3. The SMILES string of the molecule is Cc1ccc(S(C)(=O)=O)cc1NC(=O)C(CC(C)C)N1C(=O)C2CC=CCC2C1=O. The number of likely N-dealkylation sites (tertiary alicyclic amines) is 1. The van der Waals surface area contributed by atoms with Crippen LogP contribution in [0.3, 0.4) is 0 Å². The first kappa shape index (κ1) is 22.2. The minimum absolute atomic E-state index is 0.0746. The second-order valence-corrected chi connectivity index (χ2v) is 10.6. The monoisotopic (exact) mass is 432 g/mol. The molecule has 162 valence electrons. The number of amides is 3. The Morgan fingerprint density at radius 3 is 2.20 bits per heavy atom. The molecule has 1 aromatic rings. The minimum atomic E-state index is -3.44. The average molecular weight is 433 g/mol. The maximum Gasteiger partial charge on any atom is 0.247 e. The summed E-state index contributed by atoms with van der Waals surface area (Å²) >= 11 is 0. The lowest BCUT2D eigenvalue weighted by atomic mass is 9.85. The standard InChI is InChI=1S/C22H28N2O5S/c1-13(2)11-19(24-21(26)16-7-5-6-8-17(16)22(24)27)20(25)23-18-12-15(30(4,28)29)10-9-14(18)3/h5-6,9-10,12-13,16-17,19H,7-8,11H2,1-4H3,(H,23,25). The van der Waals surface area contributed by atoms with E-state index in [2.05, 4.69) is 5.32 Å². The molecule has 8 heteroatoms. The molecule has 0 aromatic heterocycles. The largest absolute Gasteiger partial charge is 0.324 e. The van der Waals surface area contributed by atoms with Gasteiger partial charge in [-0.05, 0) is 49.8 Å². The van der Waals surface area contributed by atoms with E-state index in [9.17, 15) is 22.8 Å². The molecule has 0 saturated carbocycles. The lowest BCUT2D eigenvalue weighted by molar-refractivity contribution is -0.147. The third kappa shape index (κ3) is 4.33. The summed E-state index contributed by atoms with van der Waals surface area (Å²) in [7, 11) is -3.44. The van der Waals surface area contributed by atoms with E-state index in [1.165, 1.54) is 12.1 Å². The molecule has 1 fully saturated rings. The number of benzene rings is 1. The molecule has 1 saturated heterocycles. The van der Waals surface area contributed by atoms with Gasteiger partial charge in [-0.15, -0.1) is 0 Å². The van der Waals surface area contributed by atoms with Gasteiger partial charge in [0, 0.05) is 11.9 Å². The molecule has 0 radical (unpaired) electrons. The molecule has 3 rings (SSSR count). The van der Waals surface area contributed by atoms with Gasteiger partial charge in [-0.25, -0.2) is 8.42 Å². The van der Waals surface area contributed by atoms with E-state index in [0.717, 1.165) is 11.2 Å². The number of nitrogens with one attached hydrogen (secondary N) is 1. The molecular weight excluding hydrogens is 404 g/mol. The van der Waals surface area contributed by atoms with Gasteiger partial charge in [-0.1, -0.05) is 32.1 Å². The van der Waals surface area contributed by atoms with Crippen molar-refractivity contribution >= 4 is 33.2 Å². The Bertz CT molecular complexity index is 986. The third-order valence-corrected chi connectivity index (χ3v) is 6.86. The van der Waals surface area contributed by atoms with E-state index in [0.29, 0.717) is 30.5 Å². The third-order valence-electron chi connectivity index (χ3n) is 5.75. The highest BCUT2D eigenvalue weighted by Crippen LogP contribution is 2.37. The Hall–Kier alpha value is -2.48. The molecule has 3 unspecified atom stereocenters. The van der Waals surface area contributed by atoms with Crippen LogP contribution in [0.15, 0.2) is 35.2 Å². The van der Waals surface area contributed by atoms with Gasteiger partial charge in [0.05, 0.1) is 16.7 Å². The Morgan fingerprint density at radius 2 is 1.70 bits per heavy atom. The summed E-state index contributed by atoms with van der Waals surface area (Å²) in [5.41, 5.74) is 1.05. The number of fused-ring (bicyclic) bond motifs is 1. The summed E-state index contributed by atoms with van der Waals surface area (Å²) in [6.07, 6.45) is 6.28. The van der Waals surface area contributed by atoms with Crippen LogP contribution in [0.4, 0.5) is 5.69 Å². The van der Waals surface area contributed by atoms with Crippen molar-refractivity contribution in [3.63, 3.8) is 0 Å². The van der Waals surface area contributed by atoms with Crippen molar-refractivity contribution in [3.05, 3.63) is 35.9 Å². The summed E-state index contributed by atoms with van der Waals surface area (Å²) in [5, 5.41) is 2.76. The summed E-state index contributed by atoms with van der Waals surface area (Å²) < 4.78 is 23.8. The highest BCUT2D eigenvalue weighted by molar-refractivity contribution is 7.90. The van der Waals surface area contributed by atoms with Gasteiger partial charge < -0.3 is 5.32 Å². The molecule has 1 aliphatic carbocycles. The van der Waals surface area contributed by atoms with Crippen LogP contribution in [0.2, 0.25) is 0 Å². The normalized spacial score (nSPS) is 22.4. The zero-order chi connectivity index (χ0) is 22.2. The molecule has 7 nitrogen and oxygen atoms in total. The van der Waals surface area contributed by atoms with Crippen LogP contribution in [-0.4, -0.2) is 43.3 Å². The van der Waals surface area contributed by atoms with Crippen LogP contribution in [-0.2, 0) is 24.2 Å². The number of rotatable bonds is 6. The fourth-order valence-electron chi connectivity index (χ4n) is 4.09. The summed E-state index contributed by atoms with van der Waals surface area (Å²) in [4.78, 5) is 40.4. The highest BCUT2D eigenvalue weighted by atomic mass is 32.2. The maximum absolute atomic E-state index is 13.2. The van der Waals surface area contributed by atoms with Crippen molar-refractivity contribution in [1.29, 1.82) is 0 Å². The van der Waals surface area contributed by atoms with Crippen LogP contribution in [0.5, 0.6) is 0 Å². The Kier molecular flexibility index (Phi) is 6.17. The van der Waals surface area contributed by atoms with Gasteiger partial charge in [-0.2, -0.15) is 0 Å². The zero-order valence-corrected chi connectivity index (χ0v) is 18.5. The number of hydrogen-bond donors (Lipinski definition) is 1. The van der Waals surface area contributed by atoms with E-state index in [-0.39, 0.29) is 22.6 Å². The molecule has 1 aromatic carbocycles. The Labute approximate surface area is 177 Å². The number of sulfone groups is 1. The van der Waals surface area contributed by atoms with Crippen molar-refractivity contribution in [3.8, 4) is 0 Å². The molecule has 0 spiro atoms. The predicted molar refractivity (Wildman–Crippen MR) is 113 cm³/mol. The second kappa shape index (κ2) is 8.34. The number of anilines is 1. The van der Waals surface area contributed by atoms with Gasteiger partial charge in [0.2, 0.25) is 17.7 Å². The molecule has 1 N–H and O–H groups in total. The number of allylic oxidation sites excluding steroid dienone is 2. The quantitative estimate of drug-likeness (QED) is 0.550. The lowest BCUT2D eigenvalue weighted by Crippen LogP contribution is -2.48. The summed E-state index contributed by atoms with van der Waals surface area (Å²) in [6, 6.07) is 3.58. The van der Waals surface area contributed by atoms with Crippen molar-refractivity contribution in [2.45, 2.75) is 51.0 Å². The number of aryl methyl sites for hydroxylation is 1. The van der Waals surface area contributed by atoms with E-state index < -0.39 is 33.6 Å². The topological polar surface area (TPSA) is 101 Å². The van der Waals surface area contributed by atoms with Crippen LogP contribution >= 0.6 is 0 Å². The zero-order valence-electron chi connectivity index (χ0n) is 17.7. The Balaban J connectivity index is 1.91. The summed E-state index contributed by atoms with van der Waals surface area (Å²) in [5.74, 6) is -1.80. The molecule has 3 atom stereocenters. The number of hydrogen-bond acceptors (Lipinski definition) is 5. The number of nitrogens with zero attached hydrogens (tertiary/aromatic N) is 1. The van der Waals surface area contributed by atoms with Gasteiger partial charge in [-0.3, -0.25) is 19.3 Å². The predicted octanol–water partition coefficient (Wildman–Crippen LogP) is 2.70. The van der Waals surface area contributed by atoms with Crippen LogP contribution in [0.1, 0.15) is 38.7 Å². The van der Waals surface area contributed by atoms with Crippen LogP contribution < -0.4 is 5.32 Å². The first-order valence-electron chi connectivity index (χ1n) is 10.1. The van der Waals surface area contributed by atoms with Gasteiger partial charge in [0.1, 0.15) is 6.04 Å². The van der Waals surface area contributed by atoms with Crippen molar-refractivity contribution in [2.24, 2.45) is 17.8 Å². The first-order chi connectivity index (χ1) is 14.0. The van der Waals surface area contributed by atoms with Gasteiger partial charge in [0.15, 0.2) is 9.84 Å². The van der Waals surface area contributed by atoms with Crippen LogP contribution in [0.25, 0.3) is 0 Å². The second-order valence-electron chi connectivity index (χ2n) is 8.59. The first-order valence-corrected chi connectivity index (χ1v) is 12.0. The molecule has 1 aliphatic heterocycles. The molecule has 3 amide bonds. The maximum atomic E-state index is 13.2. The number of imide groups is 1. The molecule has 2 aliphatic rings. The Morgan fingerprint density at radius 1 is 1.13 bits per heavy atom. The van der Waals surface area contributed by atoms with Gasteiger partial charge >= 0.3 is 0 Å². The fraction of sp³-hybridized carbons (Fsp3) is 0.500. The van der Waals surface area contributed by atoms with E-state index in [1.807, 2.05) is 26.0 Å². The summed E-state index contributed by atoms with van der Waals surface area (Å²) in [6.45, 7) is 5.61. The highest BCUT2D eigenvalue weighted by Gasteiger charge is 2.51. The van der Waals surface area contributed by atoms with E-state index in [1.54, 1.807) is 13.0 Å².